The first-order chi connectivity index (χ1) is 16.5. The van der Waals surface area contributed by atoms with Crippen LogP contribution in [0, 0.1) is 25.2 Å². The van der Waals surface area contributed by atoms with Gasteiger partial charge in [0.15, 0.2) is 5.82 Å². The van der Waals surface area contributed by atoms with Crippen molar-refractivity contribution in [3.8, 4) is 6.07 Å². The van der Waals surface area contributed by atoms with Gasteiger partial charge in [0, 0.05) is 62.9 Å². The van der Waals surface area contributed by atoms with Gasteiger partial charge in [0.2, 0.25) is 0 Å². The zero-order valence-electron chi connectivity index (χ0n) is 19.7. The molecular weight excluding hydrogens is 426 g/mol. The summed E-state index contributed by atoms with van der Waals surface area (Å²) in [5.74, 6) is 1.66. The average Bonchev–Trinajstić information content (AvgIpc) is 3.30. The van der Waals surface area contributed by atoms with Crippen molar-refractivity contribution in [3.63, 3.8) is 0 Å². The minimum Gasteiger partial charge on any atom is -0.365 e. The third kappa shape index (κ3) is 4.10. The number of nitrogens with zero attached hydrogens (tertiary/aromatic N) is 8. The molecule has 0 aliphatic carbocycles. The van der Waals surface area contributed by atoms with E-state index in [0.717, 1.165) is 71.1 Å². The van der Waals surface area contributed by atoms with Gasteiger partial charge in [-0.1, -0.05) is 12.1 Å². The number of nitriles is 1. The molecule has 4 aromatic rings. The zero-order valence-corrected chi connectivity index (χ0v) is 19.7. The maximum absolute atomic E-state index is 9.33. The molecule has 5 rings (SSSR count). The standard InChI is InChI=1S/C25H27N9/c1-17-19(12-26)5-4-6-20(17)13-28-25-22-11-24(27-15-23(22)18(2)30-31-25)34-9-7-33(8-10-34)21-14-29-32(3)16-21/h4-6,11,14-16H,7-10,13H2,1-3H3,(H,28,31). The van der Waals surface area contributed by atoms with E-state index in [1.807, 2.05) is 56.2 Å². The summed E-state index contributed by atoms with van der Waals surface area (Å²) >= 11 is 0. The minimum atomic E-state index is 0.565. The summed E-state index contributed by atoms with van der Waals surface area (Å²) in [5, 5.41) is 27.8. The third-order valence-corrected chi connectivity index (χ3v) is 6.51. The molecule has 9 nitrogen and oxygen atoms in total. The number of aromatic nitrogens is 5. The van der Waals surface area contributed by atoms with Gasteiger partial charge in [0.05, 0.1) is 29.2 Å². The van der Waals surface area contributed by atoms with Gasteiger partial charge in [-0.2, -0.15) is 15.5 Å². The molecule has 1 N–H and O–H groups in total. The Kier molecular flexibility index (Phi) is 5.72. The second kappa shape index (κ2) is 8.98. The molecule has 0 spiro atoms. The predicted octanol–water partition coefficient (Wildman–Crippen LogP) is 3.19. The van der Waals surface area contributed by atoms with Gasteiger partial charge in [0.1, 0.15) is 5.82 Å². The van der Waals surface area contributed by atoms with E-state index in [2.05, 4.69) is 48.7 Å². The van der Waals surface area contributed by atoms with Crippen LogP contribution < -0.4 is 15.1 Å². The zero-order chi connectivity index (χ0) is 23.7. The van der Waals surface area contributed by atoms with Crippen molar-refractivity contribution in [2.24, 2.45) is 7.05 Å². The highest BCUT2D eigenvalue weighted by molar-refractivity contribution is 5.94. The topological polar surface area (TPSA) is 98.8 Å². The number of nitrogens with one attached hydrogen (secondary N) is 1. The summed E-state index contributed by atoms with van der Waals surface area (Å²) in [4.78, 5) is 9.41. The second-order valence-electron chi connectivity index (χ2n) is 8.62. The normalized spacial score (nSPS) is 13.8. The Balaban J connectivity index is 1.37. The molecule has 9 heteroatoms. The Labute approximate surface area is 198 Å². The van der Waals surface area contributed by atoms with Crippen molar-refractivity contribution in [2.45, 2.75) is 20.4 Å². The summed E-state index contributed by atoms with van der Waals surface area (Å²) in [6.07, 6.45) is 5.86. The van der Waals surface area contributed by atoms with Crippen LogP contribution in [0.2, 0.25) is 0 Å². The van der Waals surface area contributed by atoms with Crippen LogP contribution >= 0.6 is 0 Å². The number of fused-ring (bicyclic) bond motifs is 1. The van der Waals surface area contributed by atoms with E-state index in [1.165, 1.54) is 0 Å². The molecule has 0 saturated carbocycles. The van der Waals surface area contributed by atoms with Gasteiger partial charge in [-0.15, -0.1) is 5.10 Å². The molecule has 34 heavy (non-hydrogen) atoms. The van der Waals surface area contributed by atoms with Crippen LogP contribution in [0.5, 0.6) is 0 Å². The molecule has 4 heterocycles. The first kappa shape index (κ1) is 21.6. The average molecular weight is 454 g/mol. The first-order valence-corrected chi connectivity index (χ1v) is 11.4. The summed E-state index contributed by atoms with van der Waals surface area (Å²) < 4.78 is 1.84. The van der Waals surface area contributed by atoms with Crippen LogP contribution in [0.3, 0.4) is 0 Å². The van der Waals surface area contributed by atoms with Crippen LogP contribution in [-0.2, 0) is 13.6 Å². The Morgan fingerprint density at radius 3 is 2.56 bits per heavy atom. The quantitative estimate of drug-likeness (QED) is 0.492. The number of pyridine rings is 1. The molecule has 0 atom stereocenters. The van der Waals surface area contributed by atoms with Gasteiger partial charge in [-0.3, -0.25) is 4.68 Å². The summed E-state index contributed by atoms with van der Waals surface area (Å²) in [5.41, 5.74) is 4.74. The molecule has 3 aromatic heterocycles. The molecule has 1 aliphatic rings. The highest BCUT2D eigenvalue weighted by Crippen LogP contribution is 2.28. The predicted molar refractivity (Wildman–Crippen MR) is 133 cm³/mol. The highest BCUT2D eigenvalue weighted by Gasteiger charge is 2.20. The Hall–Kier alpha value is -4.19. The lowest BCUT2D eigenvalue weighted by atomic mass is 10.0. The smallest absolute Gasteiger partial charge is 0.157 e. The minimum absolute atomic E-state index is 0.565. The van der Waals surface area contributed by atoms with Gasteiger partial charge in [-0.05, 0) is 37.1 Å². The number of benzene rings is 1. The number of piperazine rings is 1. The number of rotatable bonds is 5. The van der Waals surface area contributed by atoms with E-state index in [0.29, 0.717) is 12.1 Å². The van der Waals surface area contributed by atoms with Gasteiger partial charge in [0.25, 0.3) is 0 Å². The monoisotopic (exact) mass is 453 g/mol. The maximum atomic E-state index is 9.33. The van der Waals surface area contributed by atoms with Crippen LogP contribution in [0.1, 0.15) is 22.4 Å². The van der Waals surface area contributed by atoms with E-state index in [9.17, 15) is 5.26 Å². The van der Waals surface area contributed by atoms with Crippen LogP contribution in [0.15, 0.2) is 42.9 Å². The number of aryl methyl sites for hydroxylation is 2. The second-order valence-corrected chi connectivity index (χ2v) is 8.62. The SMILES string of the molecule is Cc1c(C#N)cccc1CNc1nnc(C)c2cnc(N3CCN(c4cnn(C)c4)CC3)cc12. The van der Waals surface area contributed by atoms with Crippen molar-refractivity contribution in [1.82, 2.24) is 25.0 Å². The number of hydrogen-bond donors (Lipinski definition) is 1. The van der Waals surface area contributed by atoms with Crippen LogP contribution in [0.25, 0.3) is 10.8 Å². The molecule has 1 aliphatic heterocycles. The molecule has 0 radical (unpaired) electrons. The molecule has 172 valence electrons. The largest absolute Gasteiger partial charge is 0.365 e. The number of hydrogen-bond acceptors (Lipinski definition) is 8. The summed E-state index contributed by atoms with van der Waals surface area (Å²) in [6.45, 7) is 8.09. The molecule has 1 fully saturated rings. The van der Waals surface area contributed by atoms with Gasteiger partial charge in [-0.25, -0.2) is 4.98 Å². The van der Waals surface area contributed by atoms with Crippen LogP contribution in [-0.4, -0.2) is 51.1 Å². The molecule has 1 saturated heterocycles. The maximum Gasteiger partial charge on any atom is 0.157 e. The van der Waals surface area contributed by atoms with Crippen LogP contribution in [0.4, 0.5) is 17.3 Å². The fourth-order valence-corrected chi connectivity index (χ4v) is 4.41. The van der Waals surface area contributed by atoms with E-state index < -0.39 is 0 Å². The first-order valence-electron chi connectivity index (χ1n) is 11.4. The molecule has 1 aromatic carbocycles. The summed E-state index contributed by atoms with van der Waals surface area (Å²) in [7, 11) is 1.94. The lowest BCUT2D eigenvalue weighted by molar-refractivity contribution is 0.647. The number of anilines is 3. The Bertz CT molecular complexity index is 1380. The van der Waals surface area contributed by atoms with Crippen molar-refractivity contribution in [1.29, 1.82) is 5.26 Å². The van der Waals surface area contributed by atoms with Crippen molar-refractivity contribution in [3.05, 3.63) is 65.2 Å². The molecular formula is C25H27N9. The van der Waals surface area contributed by atoms with Crippen molar-refractivity contribution < 1.29 is 0 Å². The third-order valence-electron chi connectivity index (χ3n) is 6.51. The summed E-state index contributed by atoms with van der Waals surface area (Å²) in [6, 6.07) is 10.1. The molecule has 0 bridgehead atoms. The van der Waals surface area contributed by atoms with Crippen molar-refractivity contribution >= 4 is 28.1 Å². The fourth-order valence-electron chi connectivity index (χ4n) is 4.41. The Morgan fingerprint density at radius 2 is 1.82 bits per heavy atom. The lowest BCUT2D eigenvalue weighted by Crippen LogP contribution is -2.46. The van der Waals surface area contributed by atoms with Crippen molar-refractivity contribution in [2.75, 3.05) is 41.3 Å². The van der Waals surface area contributed by atoms with E-state index in [1.54, 1.807) is 0 Å². The molecule has 0 amide bonds. The van der Waals surface area contributed by atoms with E-state index in [4.69, 9.17) is 4.98 Å². The molecule has 0 unspecified atom stereocenters. The van der Waals surface area contributed by atoms with E-state index in [-0.39, 0.29) is 0 Å². The Morgan fingerprint density at radius 1 is 1.03 bits per heavy atom. The van der Waals surface area contributed by atoms with E-state index >= 15 is 0 Å². The lowest BCUT2D eigenvalue weighted by Gasteiger charge is -2.36. The highest BCUT2D eigenvalue weighted by atomic mass is 15.3. The van der Waals surface area contributed by atoms with Gasteiger partial charge < -0.3 is 15.1 Å². The fraction of sp³-hybridized carbons (Fsp3) is 0.320. The van der Waals surface area contributed by atoms with Gasteiger partial charge >= 0.3 is 0 Å².